The predicted molar refractivity (Wildman–Crippen MR) is 112 cm³/mol. The van der Waals surface area contributed by atoms with Crippen molar-refractivity contribution >= 4 is 11.7 Å². The first-order chi connectivity index (χ1) is 14.3. The minimum Gasteiger partial charge on any atom is -0.494 e. The van der Waals surface area contributed by atoms with E-state index in [1.165, 1.54) is 0 Å². The van der Waals surface area contributed by atoms with E-state index in [2.05, 4.69) is 37.0 Å². The third-order valence-electron chi connectivity index (χ3n) is 4.97. The average Bonchev–Trinajstić information content (AvgIpc) is 3.56. The van der Waals surface area contributed by atoms with Gasteiger partial charge in [-0.15, -0.1) is 5.10 Å². The number of aromatic nitrogens is 3. The number of nitrogens with zero attached hydrogens (tertiary/aromatic N) is 5. The molecule has 0 amide bonds. The van der Waals surface area contributed by atoms with Gasteiger partial charge in [0.25, 0.3) is 0 Å². The van der Waals surface area contributed by atoms with E-state index >= 15 is 0 Å². The normalized spacial score (nSPS) is 15.5. The van der Waals surface area contributed by atoms with Gasteiger partial charge in [-0.25, -0.2) is 4.68 Å². The van der Waals surface area contributed by atoms with E-state index in [1.54, 1.807) is 11.8 Å². The summed E-state index contributed by atoms with van der Waals surface area (Å²) >= 11 is 0. The van der Waals surface area contributed by atoms with E-state index in [0.717, 1.165) is 71.7 Å². The minimum absolute atomic E-state index is 0.724. The SMILES string of the molecule is COc1ccc(C2=NCCN2)cc1-n1cc(-c2cccc(C3=NCCN3)c2)nn1. The first-order valence-electron chi connectivity index (χ1n) is 9.60. The molecule has 146 valence electrons. The lowest BCUT2D eigenvalue weighted by molar-refractivity contribution is 0.411. The summed E-state index contributed by atoms with van der Waals surface area (Å²) in [7, 11) is 1.65. The molecule has 0 atom stereocenters. The van der Waals surface area contributed by atoms with Crippen LogP contribution in [-0.2, 0) is 0 Å². The predicted octanol–water partition coefficient (Wildman–Crippen LogP) is 1.64. The molecule has 0 spiro atoms. The van der Waals surface area contributed by atoms with Crippen molar-refractivity contribution in [1.29, 1.82) is 0 Å². The Bertz CT molecular complexity index is 1120. The molecule has 0 saturated carbocycles. The van der Waals surface area contributed by atoms with Crippen molar-refractivity contribution in [1.82, 2.24) is 25.6 Å². The van der Waals surface area contributed by atoms with Crippen LogP contribution >= 0.6 is 0 Å². The lowest BCUT2D eigenvalue weighted by Gasteiger charge is -2.10. The van der Waals surface area contributed by atoms with E-state index < -0.39 is 0 Å². The Labute approximate surface area is 168 Å². The van der Waals surface area contributed by atoms with E-state index in [0.29, 0.717) is 0 Å². The smallest absolute Gasteiger partial charge is 0.144 e. The zero-order valence-electron chi connectivity index (χ0n) is 16.1. The molecule has 0 radical (unpaired) electrons. The summed E-state index contributed by atoms with van der Waals surface area (Å²) in [6, 6.07) is 14.1. The molecule has 3 heterocycles. The molecule has 0 fully saturated rings. The number of aliphatic imine (C=N–C) groups is 2. The number of hydrogen-bond donors (Lipinski definition) is 2. The number of hydrogen-bond acceptors (Lipinski definition) is 7. The third-order valence-corrected chi connectivity index (χ3v) is 4.97. The van der Waals surface area contributed by atoms with Gasteiger partial charge in [-0.1, -0.05) is 23.4 Å². The van der Waals surface area contributed by atoms with Gasteiger partial charge in [0.15, 0.2) is 0 Å². The van der Waals surface area contributed by atoms with Crippen molar-refractivity contribution in [3.05, 3.63) is 59.8 Å². The van der Waals surface area contributed by atoms with Crippen molar-refractivity contribution in [2.24, 2.45) is 9.98 Å². The summed E-state index contributed by atoms with van der Waals surface area (Å²) in [5.74, 6) is 2.55. The van der Waals surface area contributed by atoms with Gasteiger partial charge in [0.2, 0.25) is 0 Å². The molecular formula is C21H21N7O. The summed E-state index contributed by atoms with van der Waals surface area (Å²) in [5, 5.41) is 15.3. The highest BCUT2D eigenvalue weighted by atomic mass is 16.5. The minimum atomic E-state index is 0.724. The number of nitrogens with one attached hydrogen (secondary N) is 2. The molecular weight excluding hydrogens is 366 g/mol. The van der Waals surface area contributed by atoms with Gasteiger partial charge in [0.1, 0.15) is 28.8 Å². The lowest BCUT2D eigenvalue weighted by atomic mass is 10.1. The van der Waals surface area contributed by atoms with Crippen LogP contribution in [0.3, 0.4) is 0 Å². The number of rotatable bonds is 5. The highest BCUT2D eigenvalue weighted by Gasteiger charge is 2.15. The Kier molecular flexibility index (Phi) is 4.44. The molecule has 2 N–H and O–H groups in total. The van der Waals surface area contributed by atoms with Crippen molar-refractivity contribution in [2.75, 3.05) is 33.3 Å². The Hall–Kier alpha value is -3.68. The van der Waals surface area contributed by atoms with Crippen LogP contribution in [0.4, 0.5) is 0 Å². The Morgan fingerprint density at radius 1 is 0.897 bits per heavy atom. The van der Waals surface area contributed by atoms with Crippen molar-refractivity contribution in [3.63, 3.8) is 0 Å². The number of amidine groups is 2. The molecule has 8 heteroatoms. The fourth-order valence-electron chi connectivity index (χ4n) is 3.54. The molecule has 3 aromatic rings. The first kappa shape index (κ1) is 17.4. The largest absolute Gasteiger partial charge is 0.494 e. The summed E-state index contributed by atoms with van der Waals surface area (Å²) < 4.78 is 7.29. The molecule has 2 aliphatic rings. The van der Waals surface area contributed by atoms with Crippen molar-refractivity contribution in [3.8, 4) is 22.7 Å². The Morgan fingerprint density at radius 3 is 2.31 bits per heavy atom. The second-order valence-corrected chi connectivity index (χ2v) is 6.83. The van der Waals surface area contributed by atoms with Gasteiger partial charge >= 0.3 is 0 Å². The second-order valence-electron chi connectivity index (χ2n) is 6.83. The number of methoxy groups -OCH3 is 1. The molecule has 0 unspecified atom stereocenters. The third kappa shape index (κ3) is 3.33. The van der Waals surface area contributed by atoms with Gasteiger partial charge in [-0.05, 0) is 24.3 Å². The number of ether oxygens (including phenoxy) is 1. The van der Waals surface area contributed by atoms with Gasteiger partial charge in [0, 0.05) is 29.8 Å². The molecule has 0 aliphatic carbocycles. The maximum atomic E-state index is 5.55. The van der Waals surface area contributed by atoms with Crippen LogP contribution in [0.15, 0.2) is 58.6 Å². The summed E-state index contributed by atoms with van der Waals surface area (Å²) in [6.45, 7) is 3.35. The van der Waals surface area contributed by atoms with Crippen LogP contribution in [0.2, 0.25) is 0 Å². The van der Waals surface area contributed by atoms with E-state index in [1.807, 2.05) is 42.6 Å². The van der Waals surface area contributed by atoms with Gasteiger partial charge in [-0.3, -0.25) is 9.98 Å². The van der Waals surface area contributed by atoms with Crippen LogP contribution in [0, 0.1) is 0 Å². The highest BCUT2D eigenvalue weighted by Crippen LogP contribution is 2.26. The average molecular weight is 387 g/mol. The molecule has 5 rings (SSSR count). The van der Waals surface area contributed by atoms with Crippen LogP contribution in [0.5, 0.6) is 5.75 Å². The van der Waals surface area contributed by atoms with E-state index in [4.69, 9.17) is 4.74 Å². The fraction of sp³-hybridized carbons (Fsp3) is 0.238. The topological polar surface area (TPSA) is 88.7 Å². The van der Waals surface area contributed by atoms with Crippen LogP contribution < -0.4 is 15.4 Å². The summed E-state index contributed by atoms with van der Waals surface area (Å²) in [5.41, 5.74) is 4.65. The van der Waals surface area contributed by atoms with Crippen molar-refractivity contribution < 1.29 is 4.74 Å². The van der Waals surface area contributed by atoms with E-state index in [-0.39, 0.29) is 0 Å². The van der Waals surface area contributed by atoms with Gasteiger partial charge in [0.05, 0.1) is 26.4 Å². The highest BCUT2D eigenvalue weighted by molar-refractivity contribution is 6.01. The quantitative estimate of drug-likeness (QED) is 0.695. The zero-order chi connectivity index (χ0) is 19.6. The Balaban J connectivity index is 1.50. The molecule has 0 saturated heterocycles. The summed E-state index contributed by atoms with van der Waals surface area (Å²) in [4.78, 5) is 8.99. The first-order valence-corrected chi connectivity index (χ1v) is 9.60. The maximum Gasteiger partial charge on any atom is 0.144 e. The molecule has 1 aromatic heterocycles. The van der Waals surface area contributed by atoms with Crippen LogP contribution in [0.1, 0.15) is 11.1 Å². The van der Waals surface area contributed by atoms with Crippen LogP contribution in [0.25, 0.3) is 16.9 Å². The molecule has 29 heavy (non-hydrogen) atoms. The lowest BCUT2D eigenvalue weighted by Crippen LogP contribution is -2.19. The molecule has 8 nitrogen and oxygen atoms in total. The zero-order valence-corrected chi connectivity index (χ0v) is 16.1. The van der Waals surface area contributed by atoms with Crippen LogP contribution in [-0.4, -0.2) is 60.0 Å². The van der Waals surface area contributed by atoms with E-state index in [9.17, 15) is 0 Å². The maximum absolute atomic E-state index is 5.55. The molecule has 0 bridgehead atoms. The molecule has 2 aliphatic heterocycles. The van der Waals surface area contributed by atoms with Gasteiger partial charge in [-0.2, -0.15) is 0 Å². The fourth-order valence-corrected chi connectivity index (χ4v) is 3.54. The van der Waals surface area contributed by atoms with Crippen molar-refractivity contribution in [2.45, 2.75) is 0 Å². The summed E-state index contributed by atoms with van der Waals surface area (Å²) in [6.07, 6.45) is 1.91. The molecule has 2 aromatic carbocycles. The second kappa shape index (κ2) is 7.38. The van der Waals surface area contributed by atoms with Gasteiger partial charge < -0.3 is 15.4 Å². The standard InChI is InChI=1S/C21H21N7O/c1-29-19-6-5-16(21-24-9-10-25-21)12-18(19)28-13-17(26-27-28)14-3-2-4-15(11-14)20-22-7-8-23-20/h2-6,11-13H,7-10H2,1H3,(H,22,23)(H,24,25). The number of benzene rings is 2. The monoisotopic (exact) mass is 387 g/mol. The Morgan fingerprint density at radius 2 is 1.62 bits per heavy atom.